The number of anilines is 4. The zero-order valence-electron chi connectivity index (χ0n) is 26.6. The Labute approximate surface area is 294 Å². The van der Waals surface area contributed by atoms with Crippen LogP contribution in [0, 0.1) is 25.4 Å². The second-order valence-electron chi connectivity index (χ2n) is 12.6. The number of hydrogen-bond donors (Lipinski definition) is 0. The molecule has 6 nitrogen and oxygen atoms in total. The maximum Gasteiger partial charge on any atom is 0.135 e. The van der Waals surface area contributed by atoms with Crippen LogP contribution in [0.5, 0.6) is 11.5 Å². The van der Waals surface area contributed by atoms with Gasteiger partial charge < -0.3 is 19.1 Å². The van der Waals surface area contributed by atoms with Crippen molar-refractivity contribution < 1.29 is 25.8 Å². The Kier molecular flexibility index (Phi) is 8.03. The second-order valence-corrected chi connectivity index (χ2v) is 12.6. The molecule has 8 rings (SSSR count). The fraction of sp³-hybridized carbons (Fsp3) is 0.0976. The Balaban J connectivity index is 0.00000364. The molecule has 0 spiro atoms. The van der Waals surface area contributed by atoms with Gasteiger partial charge in [-0.25, -0.2) is 4.98 Å². The maximum atomic E-state index is 7.86. The number of benzene rings is 5. The molecule has 7 aromatic rings. The molecule has 238 valence electrons. The Bertz CT molecular complexity index is 2330. The van der Waals surface area contributed by atoms with E-state index in [1.165, 1.54) is 5.56 Å². The van der Waals surface area contributed by atoms with Crippen molar-refractivity contribution in [3.8, 4) is 17.3 Å². The molecule has 3 heterocycles. The quantitative estimate of drug-likeness (QED) is 0.163. The van der Waals surface area contributed by atoms with E-state index in [1.54, 1.807) is 6.07 Å². The molecule has 0 saturated heterocycles. The Morgan fingerprint density at radius 3 is 2.25 bits per heavy atom. The summed E-state index contributed by atoms with van der Waals surface area (Å²) < 4.78 is 8.60. The van der Waals surface area contributed by atoms with Crippen LogP contribution in [0.2, 0.25) is 0 Å². The van der Waals surface area contributed by atoms with E-state index in [0.717, 1.165) is 44.7 Å². The third-order valence-electron chi connectivity index (χ3n) is 8.49. The molecule has 0 unspecified atom stereocenters. The summed E-state index contributed by atoms with van der Waals surface area (Å²) in [6.45, 7) is 16.5. The van der Waals surface area contributed by atoms with Crippen molar-refractivity contribution in [1.29, 1.82) is 0 Å². The molecule has 0 radical (unpaired) electrons. The number of aromatic nitrogens is 2. The molecule has 0 amide bonds. The molecule has 1 aliphatic heterocycles. The van der Waals surface area contributed by atoms with E-state index < -0.39 is 0 Å². The molecule has 0 atom stereocenters. The maximum absolute atomic E-state index is 7.86. The van der Waals surface area contributed by atoms with Gasteiger partial charge in [0.15, 0.2) is 0 Å². The summed E-state index contributed by atoms with van der Waals surface area (Å²) in [5, 5.41) is 2.17. The number of nitrogens with zero attached hydrogens (tertiary/aromatic N) is 5. The van der Waals surface area contributed by atoms with Crippen LogP contribution >= 0.6 is 0 Å². The first-order chi connectivity index (χ1) is 22.9. The molecule has 48 heavy (non-hydrogen) atoms. The molecule has 0 aliphatic carbocycles. The molecular weight excluding hydrogens is 774 g/mol. The number of rotatable bonds is 5. The zero-order valence-corrected chi connectivity index (χ0v) is 28.9. The van der Waals surface area contributed by atoms with Gasteiger partial charge in [0.1, 0.15) is 5.82 Å². The first-order valence-corrected chi connectivity index (χ1v) is 15.5. The average molecular weight is 804 g/mol. The van der Waals surface area contributed by atoms with E-state index in [2.05, 4.69) is 102 Å². The summed E-state index contributed by atoms with van der Waals surface area (Å²) in [6.07, 6.45) is 1.87. The minimum absolute atomic E-state index is 0. The predicted molar refractivity (Wildman–Crippen MR) is 189 cm³/mol. The van der Waals surface area contributed by atoms with Crippen molar-refractivity contribution in [3.63, 3.8) is 0 Å². The van der Waals surface area contributed by atoms with Crippen LogP contribution in [-0.4, -0.2) is 9.55 Å². The van der Waals surface area contributed by atoms with Gasteiger partial charge >= 0.3 is 0 Å². The van der Waals surface area contributed by atoms with Crippen LogP contribution in [0.15, 0.2) is 121 Å². The van der Waals surface area contributed by atoms with Crippen LogP contribution in [0.3, 0.4) is 0 Å². The fourth-order valence-corrected chi connectivity index (χ4v) is 6.16. The first-order valence-electron chi connectivity index (χ1n) is 15.5. The van der Waals surface area contributed by atoms with Gasteiger partial charge in [0.2, 0.25) is 0 Å². The van der Waals surface area contributed by atoms with Gasteiger partial charge in [0.05, 0.1) is 12.3 Å². The molecule has 2 aromatic heterocycles. The Morgan fingerprint density at radius 1 is 0.750 bits per heavy atom. The van der Waals surface area contributed by atoms with Gasteiger partial charge in [-0.2, -0.15) is 6.07 Å². The molecule has 0 bridgehead atoms. The number of hydrogen-bond acceptors (Lipinski definition) is 4. The van der Waals surface area contributed by atoms with Crippen molar-refractivity contribution in [3.05, 3.63) is 157 Å². The van der Waals surface area contributed by atoms with Crippen molar-refractivity contribution >= 4 is 50.2 Å². The molecular formula is C41H30N5OPt-3. The van der Waals surface area contributed by atoms with Gasteiger partial charge in [-0.3, -0.25) is 4.85 Å². The first kappa shape index (κ1) is 31.2. The molecule has 0 N–H and O–H groups in total. The normalized spacial score (nSPS) is 12.5. The van der Waals surface area contributed by atoms with Crippen LogP contribution in [-0.2, 0) is 26.5 Å². The van der Waals surface area contributed by atoms with E-state index in [-0.39, 0.29) is 26.5 Å². The molecule has 0 fully saturated rings. The predicted octanol–water partition coefficient (Wildman–Crippen LogP) is 10.8. The summed E-state index contributed by atoms with van der Waals surface area (Å²) in [5.74, 6) is 1.78. The average Bonchev–Trinajstić information content (AvgIpc) is 3.64. The number of pyridine rings is 1. The Morgan fingerprint density at radius 2 is 1.48 bits per heavy atom. The summed E-state index contributed by atoms with van der Waals surface area (Å²) >= 11 is 0. The topological polar surface area (TPSA) is 37.9 Å². The third-order valence-corrected chi connectivity index (χ3v) is 8.49. The van der Waals surface area contributed by atoms with Crippen molar-refractivity contribution in [1.82, 2.24) is 9.55 Å². The van der Waals surface area contributed by atoms with E-state index in [1.807, 2.05) is 72.4 Å². The standard InChI is InChI=1S/C41H30N5O.Pt/c1-41(2,3)28-20-21-43-40(22-28)46-36-15-9-8-14-34(36)35-19-18-32(26-39(35)46)47-33-24-29(42-4)23-31(25-33)45-27-44(30-12-6-5-7-13-30)37-16-10-11-17-38(37)45;/h5-24,27H,1-3H3;/q-3;. The smallest absolute Gasteiger partial charge is 0.135 e. The van der Waals surface area contributed by atoms with Crippen molar-refractivity contribution in [2.75, 3.05) is 9.80 Å². The largest absolute Gasteiger partial charge is 0.510 e. The molecule has 7 heteroatoms. The molecule has 5 aromatic carbocycles. The zero-order chi connectivity index (χ0) is 32.1. The van der Waals surface area contributed by atoms with E-state index >= 15 is 0 Å². The van der Waals surface area contributed by atoms with E-state index in [9.17, 15) is 0 Å². The van der Waals surface area contributed by atoms with Gasteiger partial charge in [-0.15, -0.1) is 48.1 Å². The van der Waals surface area contributed by atoms with Gasteiger partial charge in [-0.1, -0.05) is 74.8 Å². The van der Waals surface area contributed by atoms with Crippen molar-refractivity contribution in [2.45, 2.75) is 26.2 Å². The van der Waals surface area contributed by atoms with Crippen LogP contribution in [0.1, 0.15) is 26.3 Å². The monoisotopic (exact) mass is 803 g/mol. The van der Waals surface area contributed by atoms with Crippen LogP contribution in [0.25, 0.3) is 32.5 Å². The van der Waals surface area contributed by atoms with Gasteiger partial charge in [0, 0.05) is 61.3 Å². The van der Waals surface area contributed by atoms with E-state index in [0.29, 0.717) is 22.9 Å². The SMILES string of the molecule is [C-]#[N+]c1cc(Oc2[c-]c3c(cc2)c2ccccc2n3-c2cc(C(C)(C)C)ccn2)[c-]c(N2[CH-]N(c3ccccc3)c3ccccc32)c1.[Pt]. The number of para-hydroxylation sites is 4. The second kappa shape index (κ2) is 12.3. The van der Waals surface area contributed by atoms with Gasteiger partial charge in [0.25, 0.3) is 0 Å². The van der Waals surface area contributed by atoms with Crippen LogP contribution in [0.4, 0.5) is 28.4 Å². The number of fused-ring (bicyclic) bond motifs is 4. The van der Waals surface area contributed by atoms with Crippen LogP contribution < -0.4 is 14.5 Å². The summed E-state index contributed by atoms with van der Waals surface area (Å²) in [4.78, 5) is 12.7. The minimum Gasteiger partial charge on any atom is -0.510 e. The summed E-state index contributed by atoms with van der Waals surface area (Å²) in [7, 11) is 0. The third kappa shape index (κ3) is 5.51. The molecule has 0 saturated carbocycles. The fourth-order valence-electron chi connectivity index (χ4n) is 6.16. The summed E-state index contributed by atoms with van der Waals surface area (Å²) in [5.41, 5.74) is 7.32. The Hall–Kier alpha value is -5.37. The van der Waals surface area contributed by atoms with Crippen molar-refractivity contribution in [2.24, 2.45) is 0 Å². The van der Waals surface area contributed by atoms with E-state index in [4.69, 9.17) is 16.3 Å². The minimum atomic E-state index is -0.0265. The van der Waals surface area contributed by atoms with Gasteiger partial charge in [-0.05, 0) is 58.8 Å². The number of ether oxygens (including phenoxy) is 1. The molecule has 1 aliphatic rings. The summed E-state index contributed by atoms with van der Waals surface area (Å²) in [6, 6.07) is 45.4.